The van der Waals surface area contributed by atoms with Gasteiger partial charge >= 0.3 is 5.97 Å². The molecule has 1 heterocycles. The Bertz CT molecular complexity index is 372. The predicted molar refractivity (Wildman–Crippen MR) is 65.4 cm³/mol. The molecule has 1 unspecified atom stereocenters. The van der Waals surface area contributed by atoms with E-state index < -0.39 is 5.54 Å². The van der Waals surface area contributed by atoms with Crippen LogP contribution in [0.15, 0.2) is 12.4 Å². The lowest BCUT2D eigenvalue weighted by Gasteiger charge is -2.21. The molecule has 5 heteroatoms. The van der Waals surface area contributed by atoms with Gasteiger partial charge in [0.2, 0.25) is 0 Å². The van der Waals surface area contributed by atoms with Gasteiger partial charge in [0.15, 0.2) is 0 Å². The van der Waals surface area contributed by atoms with Gasteiger partial charge in [0.25, 0.3) is 0 Å². The van der Waals surface area contributed by atoms with Crippen LogP contribution >= 0.6 is 0 Å². The molecule has 0 aliphatic heterocycles. The standard InChI is InChI=1S/C12H21N3O2/c1-4-10-14-7-9-15(10)8-5-6-12(2,13)11(16)17-3/h7,9H,4-6,8,13H2,1-3H3. The topological polar surface area (TPSA) is 70.1 Å². The van der Waals surface area contributed by atoms with Gasteiger partial charge in [0.1, 0.15) is 11.4 Å². The first-order valence-corrected chi connectivity index (χ1v) is 5.88. The quantitative estimate of drug-likeness (QED) is 0.755. The summed E-state index contributed by atoms with van der Waals surface area (Å²) in [5.74, 6) is 0.695. The van der Waals surface area contributed by atoms with E-state index in [9.17, 15) is 4.79 Å². The van der Waals surface area contributed by atoms with E-state index in [0.717, 1.165) is 25.2 Å². The highest BCUT2D eigenvalue weighted by Gasteiger charge is 2.28. The molecule has 5 nitrogen and oxygen atoms in total. The molecule has 0 aliphatic rings. The van der Waals surface area contributed by atoms with E-state index in [1.54, 1.807) is 13.1 Å². The smallest absolute Gasteiger partial charge is 0.325 e. The van der Waals surface area contributed by atoms with Gasteiger partial charge in [0, 0.05) is 25.4 Å². The maximum absolute atomic E-state index is 11.4. The van der Waals surface area contributed by atoms with E-state index in [-0.39, 0.29) is 5.97 Å². The Balaban J connectivity index is 2.45. The van der Waals surface area contributed by atoms with Crippen LogP contribution in [0.4, 0.5) is 0 Å². The molecule has 96 valence electrons. The minimum absolute atomic E-state index is 0.362. The number of aryl methyl sites for hydroxylation is 2. The molecule has 0 fully saturated rings. The molecule has 0 spiro atoms. The Morgan fingerprint density at radius 2 is 2.35 bits per heavy atom. The van der Waals surface area contributed by atoms with Crippen LogP contribution in [0, 0.1) is 0 Å². The van der Waals surface area contributed by atoms with Crippen molar-refractivity contribution in [1.29, 1.82) is 0 Å². The maximum atomic E-state index is 11.4. The average molecular weight is 239 g/mol. The lowest BCUT2D eigenvalue weighted by molar-refractivity contribution is -0.146. The van der Waals surface area contributed by atoms with Gasteiger partial charge in [0.05, 0.1) is 7.11 Å². The third-order valence-corrected chi connectivity index (χ3v) is 2.86. The van der Waals surface area contributed by atoms with Crippen LogP contribution in [0.25, 0.3) is 0 Å². The molecular formula is C12H21N3O2. The highest BCUT2D eigenvalue weighted by Crippen LogP contribution is 2.12. The number of methoxy groups -OCH3 is 1. The fourth-order valence-corrected chi connectivity index (χ4v) is 1.81. The Hall–Kier alpha value is -1.36. The molecular weight excluding hydrogens is 218 g/mol. The van der Waals surface area contributed by atoms with E-state index >= 15 is 0 Å². The summed E-state index contributed by atoms with van der Waals surface area (Å²) in [6, 6.07) is 0. The summed E-state index contributed by atoms with van der Waals surface area (Å²) in [4.78, 5) is 15.6. The van der Waals surface area contributed by atoms with Crippen LogP contribution in [0.1, 0.15) is 32.5 Å². The summed E-state index contributed by atoms with van der Waals surface area (Å²) in [5, 5.41) is 0. The zero-order valence-corrected chi connectivity index (χ0v) is 10.8. The lowest BCUT2D eigenvalue weighted by atomic mass is 9.97. The van der Waals surface area contributed by atoms with Gasteiger partial charge in [-0.3, -0.25) is 4.79 Å². The van der Waals surface area contributed by atoms with Crippen molar-refractivity contribution in [3.63, 3.8) is 0 Å². The summed E-state index contributed by atoms with van der Waals surface area (Å²) < 4.78 is 6.76. The van der Waals surface area contributed by atoms with E-state index in [4.69, 9.17) is 5.73 Å². The SMILES string of the molecule is CCc1nccn1CCCC(C)(N)C(=O)OC. The summed E-state index contributed by atoms with van der Waals surface area (Å²) in [7, 11) is 1.36. The molecule has 2 N–H and O–H groups in total. The second-order valence-electron chi connectivity index (χ2n) is 4.40. The third kappa shape index (κ3) is 3.56. The van der Waals surface area contributed by atoms with Crippen LogP contribution in [-0.2, 0) is 22.5 Å². The zero-order chi connectivity index (χ0) is 12.9. The number of nitrogens with zero attached hydrogens (tertiary/aromatic N) is 2. The first-order valence-electron chi connectivity index (χ1n) is 5.88. The molecule has 0 radical (unpaired) electrons. The van der Waals surface area contributed by atoms with Crippen molar-refractivity contribution in [2.75, 3.05) is 7.11 Å². The first-order chi connectivity index (χ1) is 8.01. The molecule has 1 aromatic heterocycles. The number of hydrogen-bond donors (Lipinski definition) is 1. The molecule has 17 heavy (non-hydrogen) atoms. The number of hydrogen-bond acceptors (Lipinski definition) is 4. The summed E-state index contributed by atoms with van der Waals surface area (Å²) >= 11 is 0. The van der Waals surface area contributed by atoms with Crippen molar-refractivity contribution >= 4 is 5.97 Å². The van der Waals surface area contributed by atoms with Gasteiger partial charge in [-0.05, 0) is 19.8 Å². The van der Waals surface area contributed by atoms with Gasteiger partial charge in [-0.1, -0.05) is 6.92 Å². The number of ether oxygens (including phenoxy) is 1. The van der Waals surface area contributed by atoms with Crippen molar-refractivity contribution < 1.29 is 9.53 Å². The molecule has 0 bridgehead atoms. The largest absolute Gasteiger partial charge is 0.468 e. The molecule has 0 saturated carbocycles. The maximum Gasteiger partial charge on any atom is 0.325 e. The van der Waals surface area contributed by atoms with Gasteiger partial charge in [-0.15, -0.1) is 0 Å². The third-order valence-electron chi connectivity index (χ3n) is 2.86. The Labute approximate surface area is 102 Å². The second kappa shape index (κ2) is 5.82. The average Bonchev–Trinajstić information content (AvgIpc) is 2.75. The number of aromatic nitrogens is 2. The van der Waals surface area contributed by atoms with Crippen LogP contribution in [-0.4, -0.2) is 28.2 Å². The summed E-state index contributed by atoms with van der Waals surface area (Å²) in [6.45, 7) is 4.60. The van der Waals surface area contributed by atoms with Crippen LogP contribution in [0.5, 0.6) is 0 Å². The fourth-order valence-electron chi connectivity index (χ4n) is 1.81. The second-order valence-corrected chi connectivity index (χ2v) is 4.40. The van der Waals surface area contributed by atoms with E-state index in [2.05, 4.69) is 21.2 Å². The minimum atomic E-state index is -0.901. The van der Waals surface area contributed by atoms with Crippen molar-refractivity contribution in [3.05, 3.63) is 18.2 Å². The van der Waals surface area contributed by atoms with Crippen molar-refractivity contribution in [1.82, 2.24) is 9.55 Å². The number of esters is 1. The Kier molecular flexibility index (Phi) is 4.69. The molecule has 1 aromatic rings. The fraction of sp³-hybridized carbons (Fsp3) is 0.667. The van der Waals surface area contributed by atoms with Crippen molar-refractivity contribution in [2.24, 2.45) is 5.73 Å². The molecule has 1 atom stereocenters. The number of nitrogens with two attached hydrogens (primary N) is 1. The minimum Gasteiger partial charge on any atom is -0.468 e. The number of carbonyl (C=O) groups excluding carboxylic acids is 1. The summed E-state index contributed by atoms with van der Waals surface area (Å²) in [6.07, 6.45) is 6.07. The molecule has 0 saturated heterocycles. The number of carbonyl (C=O) groups is 1. The zero-order valence-electron chi connectivity index (χ0n) is 10.8. The Morgan fingerprint density at radius 1 is 1.65 bits per heavy atom. The van der Waals surface area contributed by atoms with Crippen LogP contribution in [0.2, 0.25) is 0 Å². The molecule has 1 rings (SSSR count). The van der Waals surface area contributed by atoms with Crippen LogP contribution < -0.4 is 5.73 Å². The van der Waals surface area contributed by atoms with E-state index in [0.29, 0.717) is 6.42 Å². The monoisotopic (exact) mass is 239 g/mol. The normalized spacial score (nSPS) is 14.4. The van der Waals surface area contributed by atoms with E-state index in [1.165, 1.54) is 7.11 Å². The first kappa shape index (κ1) is 13.7. The number of rotatable bonds is 6. The Morgan fingerprint density at radius 3 is 2.94 bits per heavy atom. The van der Waals surface area contributed by atoms with Gasteiger partial charge in [-0.25, -0.2) is 4.98 Å². The van der Waals surface area contributed by atoms with Crippen molar-refractivity contribution in [2.45, 2.75) is 45.2 Å². The van der Waals surface area contributed by atoms with Crippen molar-refractivity contribution in [3.8, 4) is 0 Å². The van der Waals surface area contributed by atoms with Gasteiger partial charge in [-0.2, -0.15) is 0 Å². The number of imidazole rings is 1. The molecule has 0 amide bonds. The molecule has 0 aromatic carbocycles. The highest BCUT2D eigenvalue weighted by molar-refractivity contribution is 5.79. The molecule has 0 aliphatic carbocycles. The van der Waals surface area contributed by atoms with E-state index in [1.807, 2.05) is 6.20 Å². The van der Waals surface area contributed by atoms with Crippen LogP contribution in [0.3, 0.4) is 0 Å². The lowest BCUT2D eigenvalue weighted by Crippen LogP contribution is -2.45. The van der Waals surface area contributed by atoms with Gasteiger partial charge < -0.3 is 15.0 Å². The summed E-state index contributed by atoms with van der Waals surface area (Å²) in [5.41, 5.74) is 4.98. The predicted octanol–water partition coefficient (Wildman–Crippen LogP) is 1.12. The highest BCUT2D eigenvalue weighted by atomic mass is 16.5.